The first kappa shape index (κ1) is 14.3. The number of carbonyl (C=O) groups is 1. The zero-order valence-electron chi connectivity index (χ0n) is 10.5. The van der Waals surface area contributed by atoms with Gasteiger partial charge in [0.25, 0.3) is 0 Å². The predicted molar refractivity (Wildman–Crippen MR) is 73.0 cm³/mol. The lowest BCUT2D eigenvalue weighted by Gasteiger charge is -2.11. The van der Waals surface area contributed by atoms with Crippen LogP contribution in [0.4, 0.5) is 0 Å². The molecule has 0 spiro atoms. The monoisotopic (exact) mass is 266 g/mol. The largest absolute Gasteiger partial charge is 0.496 e. The lowest BCUT2D eigenvalue weighted by Crippen LogP contribution is -2.01. The normalized spacial score (nSPS) is 12.4. The second-order valence-electron chi connectivity index (χ2n) is 3.69. The number of aliphatic carboxylic acids is 1. The van der Waals surface area contributed by atoms with Gasteiger partial charge in [-0.3, -0.25) is 0 Å². The topological polar surface area (TPSA) is 46.5 Å². The lowest BCUT2D eigenvalue weighted by atomic mass is 9.99. The van der Waals surface area contributed by atoms with Gasteiger partial charge in [-0.15, -0.1) is 0 Å². The van der Waals surface area contributed by atoms with Gasteiger partial charge in [-0.1, -0.05) is 23.8 Å². The number of benzene rings is 1. The molecular weight excluding hydrogens is 252 g/mol. The number of allylic oxidation sites excluding steroid dienone is 3. The number of carboxylic acids is 1. The van der Waals surface area contributed by atoms with Gasteiger partial charge in [-0.25, -0.2) is 4.79 Å². The highest BCUT2D eigenvalue weighted by molar-refractivity contribution is 6.30. The quantitative estimate of drug-likeness (QED) is 0.666. The van der Waals surface area contributed by atoms with Crippen LogP contribution in [0.5, 0.6) is 5.75 Å². The highest BCUT2D eigenvalue weighted by Gasteiger charge is 2.13. The molecule has 96 valence electrons. The van der Waals surface area contributed by atoms with E-state index in [-0.39, 0.29) is 5.57 Å². The SMILES string of the molecule is C/C=C/C(=C(\C)C(=O)O)c1cc(Cl)ccc1OC. The van der Waals surface area contributed by atoms with Crippen molar-refractivity contribution in [3.05, 3.63) is 46.5 Å². The zero-order valence-corrected chi connectivity index (χ0v) is 11.3. The molecule has 3 nitrogen and oxygen atoms in total. The van der Waals surface area contributed by atoms with Crippen LogP contribution in [-0.2, 0) is 4.79 Å². The molecular formula is C14H15ClO3. The number of ether oxygens (including phenoxy) is 1. The van der Waals surface area contributed by atoms with E-state index in [0.717, 1.165) is 0 Å². The van der Waals surface area contributed by atoms with Gasteiger partial charge in [-0.05, 0) is 37.6 Å². The minimum atomic E-state index is -0.967. The Kier molecular flexibility index (Phi) is 4.98. The van der Waals surface area contributed by atoms with Crippen molar-refractivity contribution < 1.29 is 14.6 Å². The summed E-state index contributed by atoms with van der Waals surface area (Å²) in [7, 11) is 1.54. The van der Waals surface area contributed by atoms with E-state index in [4.69, 9.17) is 21.4 Å². The van der Waals surface area contributed by atoms with Gasteiger partial charge in [-0.2, -0.15) is 0 Å². The molecule has 18 heavy (non-hydrogen) atoms. The van der Waals surface area contributed by atoms with E-state index in [1.54, 1.807) is 37.3 Å². The van der Waals surface area contributed by atoms with Crippen LogP contribution in [0.15, 0.2) is 35.9 Å². The molecule has 0 radical (unpaired) electrons. The molecule has 0 atom stereocenters. The summed E-state index contributed by atoms with van der Waals surface area (Å²) in [5, 5.41) is 9.64. The first-order valence-electron chi connectivity index (χ1n) is 5.42. The average Bonchev–Trinajstić information content (AvgIpc) is 2.35. The van der Waals surface area contributed by atoms with Gasteiger partial charge in [0.1, 0.15) is 5.75 Å². The van der Waals surface area contributed by atoms with E-state index >= 15 is 0 Å². The van der Waals surface area contributed by atoms with E-state index in [1.807, 2.05) is 6.92 Å². The molecule has 1 aromatic rings. The van der Waals surface area contributed by atoms with E-state index < -0.39 is 5.97 Å². The van der Waals surface area contributed by atoms with Gasteiger partial charge in [0.2, 0.25) is 0 Å². The third-order valence-electron chi connectivity index (χ3n) is 2.51. The van der Waals surface area contributed by atoms with Gasteiger partial charge >= 0.3 is 5.97 Å². The molecule has 0 saturated carbocycles. The molecule has 0 fully saturated rings. The van der Waals surface area contributed by atoms with Crippen molar-refractivity contribution in [3.63, 3.8) is 0 Å². The zero-order chi connectivity index (χ0) is 13.7. The molecule has 0 unspecified atom stereocenters. The van der Waals surface area contributed by atoms with E-state index in [9.17, 15) is 4.79 Å². The molecule has 0 saturated heterocycles. The first-order valence-corrected chi connectivity index (χ1v) is 5.79. The van der Waals surface area contributed by atoms with Crippen LogP contribution < -0.4 is 4.74 Å². The smallest absolute Gasteiger partial charge is 0.331 e. The highest BCUT2D eigenvalue weighted by Crippen LogP contribution is 2.31. The van der Waals surface area contributed by atoms with E-state index in [0.29, 0.717) is 21.9 Å². The highest BCUT2D eigenvalue weighted by atomic mass is 35.5. The van der Waals surface area contributed by atoms with Crippen LogP contribution in [0.25, 0.3) is 5.57 Å². The van der Waals surface area contributed by atoms with Gasteiger partial charge in [0.05, 0.1) is 7.11 Å². The van der Waals surface area contributed by atoms with Crippen LogP contribution in [0.1, 0.15) is 19.4 Å². The Balaban J connectivity index is 3.53. The summed E-state index contributed by atoms with van der Waals surface area (Å²) < 4.78 is 5.24. The molecule has 0 amide bonds. The minimum absolute atomic E-state index is 0.244. The average molecular weight is 267 g/mol. The third-order valence-corrected chi connectivity index (χ3v) is 2.74. The number of hydrogen-bond acceptors (Lipinski definition) is 2. The van der Waals surface area contributed by atoms with Crippen molar-refractivity contribution >= 4 is 23.1 Å². The number of halogens is 1. The fraction of sp³-hybridized carbons (Fsp3) is 0.214. The third kappa shape index (κ3) is 3.14. The maximum absolute atomic E-state index is 11.1. The van der Waals surface area contributed by atoms with Crippen LogP contribution in [0, 0.1) is 0 Å². The van der Waals surface area contributed by atoms with Gasteiger partial charge in [0.15, 0.2) is 0 Å². The summed E-state index contributed by atoms with van der Waals surface area (Å²) in [5.41, 5.74) is 1.50. The van der Waals surface area contributed by atoms with Crippen LogP contribution >= 0.6 is 11.6 Å². The summed E-state index contributed by atoms with van der Waals surface area (Å²) in [5.74, 6) is -0.377. The van der Waals surface area contributed by atoms with Crippen molar-refractivity contribution in [1.82, 2.24) is 0 Å². The number of carboxylic acid groups (broad SMARTS) is 1. The van der Waals surface area contributed by atoms with Gasteiger partial charge < -0.3 is 9.84 Å². The number of hydrogen-bond donors (Lipinski definition) is 1. The Hall–Kier alpha value is -1.74. The van der Waals surface area contributed by atoms with Crippen molar-refractivity contribution in [2.75, 3.05) is 7.11 Å². The van der Waals surface area contributed by atoms with Crippen molar-refractivity contribution in [1.29, 1.82) is 0 Å². The molecule has 0 aliphatic carbocycles. The Morgan fingerprint density at radius 2 is 2.11 bits per heavy atom. The fourth-order valence-electron chi connectivity index (χ4n) is 1.59. The van der Waals surface area contributed by atoms with Crippen molar-refractivity contribution in [2.45, 2.75) is 13.8 Å². The van der Waals surface area contributed by atoms with Crippen molar-refractivity contribution in [2.24, 2.45) is 0 Å². The first-order chi connectivity index (χ1) is 8.51. The molecule has 0 bridgehead atoms. The summed E-state index contributed by atoms with van der Waals surface area (Å²) in [6, 6.07) is 5.12. The second-order valence-corrected chi connectivity index (χ2v) is 4.12. The Labute approximate surface area is 111 Å². The molecule has 1 N–H and O–H groups in total. The number of methoxy groups -OCH3 is 1. The Morgan fingerprint density at radius 1 is 1.44 bits per heavy atom. The van der Waals surface area contributed by atoms with Crippen LogP contribution in [0.2, 0.25) is 5.02 Å². The molecule has 0 aromatic heterocycles. The standard InChI is InChI=1S/C14H15ClO3/c1-4-5-11(9(2)14(16)17)12-8-10(15)6-7-13(12)18-3/h4-8H,1-3H3,(H,16,17)/b5-4+,11-9-. The summed E-state index contributed by atoms with van der Waals surface area (Å²) in [6.07, 6.45) is 3.51. The van der Waals surface area contributed by atoms with Crippen LogP contribution in [-0.4, -0.2) is 18.2 Å². The van der Waals surface area contributed by atoms with E-state index in [2.05, 4.69) is 0 Å². The molecule has 0 aliphatic rings. The molecule has 0 aliphatic heterocycles. The summed E-state index contributed by atoms with van der Waals surface area (Å²) >= 11 is 5.95. The number of rotatable bonds is 4. The Bertz CT molecular complexity index is 516. The van der Waals surface area contributed by atoms with Crippen LogP contribution in [0.3, 0.4) is 0 Å². The molecule has 1 rings (SSSR count). The maximum atomic E-state index is 11.1. The Morgan fingerprint density at radius 3 is 2.61 bits per heavy atom. The molecule has 1 aromatic carbocycles. The molecule has 0 heterocycles. The minimum Gasteiger partial charge on any atom is -0.496 e. The van der Waals surface area contributed by atoms with Crippen molar-refractivity contribution in [3.8, 4) is 5.75 Å². The van der Waals surface area contributed by atoms with Gasteiger partial charge in [0, 0.05) is 16.2 Å². The second kappa shape index (κ2) is 6.26. The summed E-state index contributed by atoms with van der Waals surface area (Å²) in [6.45, 7) is 3.38. The lowest BCUT2D eigenvalue weighted by molar-refractivity contribution is -0.132. The summed E-state index contributed by atoms with van der Waals surface area (Å²) in [4.78, 5) is 11.1. The fourth-order valence-corrected chi connectivity index (χ4v) is 1.76. The molecule has 4 heteroatoms. The predicted octanol–water partition coefficient (Wildman–Crippen LogP) is 3.78. The maximum Gasteiger partial charge on any atom is 0.331 e. The van der Waals surface area contributed by atoms with E-state index in [1.165, 1.54) is 7.11 Å².